The lowest BCUT2D eigenvalue weighted by Crippen LogP contribution is -2.49. The van der Waals surface area contributed by atoms with Crippen molar-refractivity contribution in [2.75, 3.05) is 33.3 Å². The van der Waals surface area contributed by atoms with Gasteiger partial charge in [-0.1, -0.05) is 13.8 Å². The summed E-state index contributed by atoms with van der Waals surface area (Å²) < 4.78 is 25.1. The van der Waals surface area contributed by atoms with Crippen molar-refractivity contribution in [1.29, 1.82) is 0 Å². The second-order valence-corrected chi connectivity index (χ2v) is 5.99. The van der Waals surface area contributed by atoms with Gasteiger partial charge in [0.05, 0.1) is 13.2 Å². The SMILES string of the molecule is CNC1CC(C)CC(C)C1CN(CCO)CC(F)F. The molecule has 0 saturated heterocycles. The summed E-state index contributed by atoms with van der Waals surface area (Å²) in [6, 6.07) is 0.387. The molecule has 4 atom stereocenters. The summed E-state index contributed by atoms with van der Waals surface area (Å²) in [4.78, 5) is 1.70. The maximum Gasteiger partial charge on any atom is 0.251 e. The Bertz CT molecular complexity index is 254. The Kier molecular flexibility index (Phi) is 7.18. The lowest BCUT2D eigenvalue weighted by molar-refractivity contribution is 0.0450. The third-order valence-corrected chi connectivity index (χ3v) is 4.33. The van der Waals surface area contributed by atoms with Crippen LogP contribution in [0.15, 0.2) is 0 Å². The summed E-state index contributed by atoms with van der Waals surface area (Å²) in [6.45, 7) is 5.14. The molecule has 1 aliphatic carbocycles. The van der Waals surface area contributed by atoms with Crippen LogP contribution in [0.3, 0.4) is 0 Å². The standard InChI is InChI=1S/C14H28F2N2O/c1-10-6-11(2)12(13(7-10)17-3)8-18(4-5-19)9-14(15)16/h10-14,17,19H,4-9H2,1-3H3. The minimum atomic E-state index is -2.34. The molecule has 0 bridgehead atoms. The van der Waals surface area contributed by atoms with E-state index < -0.39 is 6.43 Å². The average molecular weight is 278 g/mol. The Labute approximate surface area is 115 Å². The largest absolute Gasteiger partial charge is 0.395 e. The van der Waals surface area contributed by atoms with E-state index in [4.69, 9.17) is 5.11 Å². The monoisotopic (exact) mass is 278 g/mol. The van der Waals surface area contributed by atoms with Gasteiger partial charge in [-0.3, -0.25) is 4.90 Å². The van der Waals surface area contributed by atoms with Crippen LogP contribution >= 0.6 is 0 Å². The molecule has 5 heteroatoms. The number of nitrogens with zero attached hydrogens (tertiary/aromatic N) is 1. The predicted octanol–water partition coefficient (Wildman–Crippen LogP) is 1.82. The van der Waals surface area contributed by atoms with Gasteiger partial charge in [0.25, 0.3) is 6.43 Å². The fraction of sp³-hybridized carbons (Fsp3) is 1.00. The first-order valence-electron chi connectivity index (χ1n) is 7.26. The molecule has 0 radical (unpaired) electrons. The van der Waals surface area contributed by atoms with Crippen LogP contribution in [-0.4, -0.2) is 55.8 Å². The summed E-state index contributed by atoms with van der Waals surface area (Å²) >= 11 is 0. The molecule has 0 aromatic carbocycles. The molecular formula is C14H28F2N2O. The Morgan fingerprint density at radius 3 is 2.53 bits per heavy atom. The Hall–Kier alpha value is -0.260. The second-order valence-electron chi connectivity index (χ2n) is 5.99. The quantitative estimate of drug-likeness (QED) is 0.745. The van der Waals surface area contributed by atoms with Crippen LogP contribution in [0.1, 0.15) is 26.7 Å². The molecule has 0 amide bonds. The summed E-state index contributed by atoms with van der Waals surface area (Å²) in [5.41, 5.74) is 0. The zero-order valence-corrected chi connectivity index (χ0v) is 12.3. The topological polar surface area (TPSA) is 35.5 Å². The maximum absolute atomic E-state index is 12.6. The highest BCUT2D eigenvalue weighted by Gasteiger charge is 2.34. The van der Waals surface area contributed by atoms with E-state index in [1.54, 1.807) is 4.90 Å². The Morgan fingerprint density at radius 1 is 1.32 bits per heavy atom. The van der Waals surface area contributed by atoms with E-state index in [1.165, 1.54) is 0 Å². The molecule has 0 heterocycles. The lowest BCUT2D eigenvalue weighted by atomic mass is 9.72. The van der Waals surface area contributed by atoms with Crippen molar-refractivity contribution in [2.24, 2.45) is 17.8 Å². The first kappa shape index (κ1) is 16.8. The van der Waals surface area contributed by atoms with E-state index in [2.05, 4.69) is 19.2 Å². The minimum absolute atomic E-state index is 0.0611. The normalized spacial score (nSPS) is 32.2. The van der Waals surface area contributed by atoms with Crippen molar-refractivity contribution < 1.29 is 13.9 Å². The number of hydrogen-bond acceptors (Lipinski definition) is 3. The summed E-state index contributed by atoms with van der Waals surface area (Å²) in [5, 5.41) is 12.3. The molecule has 0 aliphatic heterocycles. The van der Waals surface area contributed by atoms with Crippen LogP contribution in [0.25, 0.3) is 0 Å². The van der Waals surface area contributed by atoms with Gasteiger partial charge >= 0.3 is 0 Å². The summed E-state index contributed by atoms with van der Waals surface area (Å²) in [6.07, 6.45) is -0.0742. The molecule has 0 aromatic heterocycles. The second kappa shape index (κ2) is 8.12. The van der Waals surface area contributed by atoms with Crippen LogP contribution in [0.4, 0.5) is 8.78 Å². The smallest absolute Gasteiger partial charge is 0.251 e. The van der Waals surface area contributed by atoms with Crippen molar-refractivity contribution >= 4 is 0 Å². The van der Waals surface area contributed by atoms with E-state index in [1.807, 2.05) is 7.05 Å². The third-order valence-electron chi connectivity index (χ3n) is 4.33. The van der Waals surface area contributed by atoms with Gasteiger partial charge in [0.2, 0.25) is 0 Å². The highest BCUT2D eigenvalue weighted by Crippen LogP contribution is 2.34. The van der Waals surface area contributed by atoms with Crippen LogP contribution < -0.4 is 5.32 Å². The van der Waals surface area contributed by atoms with Crippen molar-refractivity contribution in [2.45, 2.75) is 39.2 Å². The van der Waals surface area contributed by atoms with Gasteiger partial charge in [-0.25, -0.2) is 8.78 Å². The maximum atomic E-state index is 12.6. The molecule has 0 spiro atoms. The molecule has 1 aliphatic rings. The zero-order valence-electron chi connectivity index (χ0n) is 12.3. The highest BCUT2D eigenvalue weighted by atomic mass is 19.3. The van der Waals surface area contributed by atoms with Crippen LogP contribution in [0.2, 0.25) is 0 Å². The van der Waals surface area contributed by atoms with Crippen LogP contribution in [0, 0.1) is 17.8 Å². The van der Waals surface area contributed by atoms with Gasteiger partial charge < -0.3 is 10.4 Å². The molecular weight excluding hydrogens is 250 g/mol. The number of nitrogens with one attached hydrogen (secondary N) is 1. The summed E-state index contributed by atoms with van der Waals surface area (Å²) in [5.74, 6) is 1.59. The van der Waals surface area contributed by atoms with Gasteiger partial charge in [-0.2, -0.15) is 0 Å². The first-order valence-corrected chi connectivity index (χ1v) is 7.26. The third kappa shape index (κ3) is 5.32. The van der Waals surface area contributed by atoms with Gasteiger partial charge in [-0.15, -0.1) is 0 Å². The zero-order chi connectivity index (χ0) is 14.4. The van der Waals surface area contributed by atoms with E-state index in [0.717, 1.165) is 12.8 Å². The average Bonchev–Trinajstić information content (AvgIpc) is 2.31. The first-order chi connectivity index (χ1) is 8.97. The molecule has 3 nitrogen and oxygen atoms in total. The van der Waals surface area contributed by atoms with Crippen molar-refractivity contribution in [3.05, 3.63) is 0 Å². The van der Waals surface area contributed by atoms with Crippen molar-refractivity contribution in [3.8, 4) is 0 Å². The number of alkyl halides is 2. The summed E-state index contributed by atoms with van der Waals surface area (Å²) in [7, 11) is 1.95. The highest BCUT2D eigenvalue weighted by molar-refractivity contribution is 4.88. The minimum Gasteiger partial charge on any atom is -0.395 e. The number of rotatable bonds is 7. The number of hydrogen-bond donors (Lipinski definition) is 2. The van der Waals surface area contributed by atoms with Crippen molar-refractivity contribution in [3.63, 3.8) is 0 Å². The van der Waals surface area contributed by atoms with Gasteiger partial charge in [0.1, 0.15) is 0 Å². The number of halogens is 2. The van der Waals surface area contributed by atoms with Crippen molar-refractivity contribution in [1.82, 2.24) is 10.2 Å². The molecule has 4 unspecified atom stereocenters. The van der Waals surface area contributed by atoms with Gasteiger partial charge in [0, 0.05) is 19.1 Å². The lowest BCUT2D eigenvalue weighted by Gasteiger charge is -2.42. The fourth-order valence-corrected chi connectivity index (χ4v) is 3.44. The Balaban J connectivity index is 2.63. The molecule has 1 rings (SSSR count). The molecule has 2 N–H and O–H groups in total. The van der Waals surface area contributed by atoms with E-state index in [0.29, 0.717) is 36.9 Å². The van der Waals surface area contributed by atoms with Gasteiger partial charge in [-0.05, 0) is 37.6 Å². The number of aliphatic hydroxyl groups is 1. The number of aliphatic hydroxyl groups excluding tert-OH is 1. The van der Waals surface area contributed by atoms with E-state index in [9.17, 15) is 8.78 Å². The molecule has 1 fully saturated rings. The Morgan fingerprint density at radius 2 is 2.00 bits per heavy atom. The fourth-order valence-electron chi connectivity index (χ4n) is 3.44. The van der Waals surface area contributed by atoms with E-state index >= 15 is 0 Å². The molecule has 0 aromatic rings. The molecule has 114 valence electrons. The predicted molar refractivity (Wildman–Crippen MR) is 73.4 cm³/mol. The van der Waals surface area contributed by atoms with Crippen LogP contribution in [0.5, 0.6) is 0 Å². The molecule has 19 heavy (non-hydrogen) atoms. The van der Waals surface area contributed by atoms with E-state index in [-0.39, 0.29) is 13.2 Å². The van der Waals surface area contributed by atoms with Gasteiger partial charge in [0.15, 0.2) is 0 Å². The molecule has 1 saturated carbocycles. The van der Waals surface area contributed by atoms with Crippen LogP contribution in [-0.2, 0) is 0 Å².